The number of aryl methyl sites for hydroxylation is 1. The molecule has 1 saturated heterocycles. The first kappa shape index (κ1) is 15.9. The van der Waals surface area contributed by atoms with Gasteiger partial charge in [-0.1, -0.05) is 20.3 Å². The van der Waals surface area contributed by atoms with Gasteiger partial charge in [-0.25, -0.2) is 8.42 Å². The van der Waals surface area contributed by atoms with Crippen LogP contribution in [0.2, 0.25) is 0 Å². The largest absolute Gasteiger partial charge is 0.312 e. The van der Waals surface area contributed by atoms with Crippen molar-refractivity contribution in [1.82, 2.24) is 9.62 Å². The molecule has 20 heavy (non-hydrogen) atoms. The van der Waals surface area contributed by atoms with Crippen molar-refractivity contribution < 1.29 is 8.42 Å². The maximum Gasteiger partial charge on any atom is 0.244 e. The summed E-state index contributed by atoms with van der Waals surface area (Å²) < 4.78 is 27.1. The zero-order valence-electron chi connectivity index (χ0n) is 12.5. The topological polar surface area (TPSA) is 49.4 Å². The van der Waals surface area contributed by atoms with E-state index < -0.39 is 10.0 Å². The molecule has 1 fully saturated rings. The zero-order chi connectivity index (χ0) is 14.8. The summed E-state index contributed by atoms with van der Waals surface area (Å²) in [6.45, 7) is 9.06. The second-order valence-corrected chi connectivity index (χ2v) is 8.59. The van der Waals surface area contributed by atoms with Crippen molar-refractivity contribution in [1.29, 1.82) is 0 Å². The molecule has 1 aliphatic rings. The van der Waals surface area contributed by atoms with Crippen LogP contribution in [0.25, 0.3) is 0 Å². The van der Waals surface area contributed by atoms with Gasteiger partial charge >= 0.3 is 0 Å². The normalized spacial score (nSPS) is 20.6. The first-order chi connectivity index (χ1) is 9.48. The summed E-state index contributed by atoms with van der Waals surface area (Å²) in [5.41, 5.74) is 0. The van der Waals surface area contributed by atoms with Gasteiger partial charge in [0.2, 0.25) is 10.0 Å². The van der Waals surface area contributed by atoms with Crippen molar-refractivity contribution in [3.05, 3.63) is 15.8 Å². The number of sulfonamides is 1. The minimum absolute atomic E-state index is 0.507. The molecule has 0 bridgehead atoms. The highest BCUT2D eigenvalue weighted by molar-refractivity contribution is 7.89. The van der Waals surface area contributed by atoms with Crippen molar-refractivity contribution in [2.45, 2.75) is 45.1 Å². The van der Waals surface area contributed by atoms with E-state index >= 15 is 0 Å². The molecule has 2 heterocycles. The standard InChI is InChI=1S/C14H24N2O2S2/c1-4-12-6-7-16(10-12)20(17,18)14-8-13(9-15-5-2)19-11(14)3/h8,12,15H,4-7,9-10H2,1-3H3. The Morgan fingerprint density at radius 1 is 1.45 bits per heavy atom. The van der Waals surface area contributed by atoms with Gasteiger partial charge in [0.05, 0.1) is 4.90 Å². The first-order valence-electron chi connectivity index (χ1n) is 7.29. The van der Waals surface area contributed by atoms with Gasteiger partial charge < -0.3 is 5.32 Å². The summed E-state index contributed by atoms with van der Waals surface area (Å²) in [7, 11) is -3.30. The summed E-state index contributed by atoms with van der Waals surface area (Å²) in [6, 6.07) is 1.84. The average Bonchev–Trinajstić information content (AvgIpc) is 3.03. The Labute approximate surface area is 126 Å². The third-order valence-electron chi connectivity index (χ3n) is 3.92. The van der Waals surface area contributed by atoms with Crippen molar-refractivity contribution in [2.75, 3.05) is 19.6 Å². The summed E-state index contributed by atoms with van der Waals surface area (Å²) in [4.78, 5) is 2.50. The second-order valence-electron chi connectivity index (χ2n) is 5.34. The molecule has 4 nitrogen and oxygen atoms in total. The van der Waals surface area contributed by atoms with Crippen LogP contribution in [0.1, 0.15) is 36.4 Å². The first-order valence-corrected chi connectivity index (χ1v) is 9.54. The van der Waals surface area contributed by atoms with Gasteiger partial charge in [0.15, 0.2) is 0 Å². The van der Waals surface area contributed by atoms with Gasteiger partial charge in [-0.15, -0.1) is 11.3 Å². The maximum absolute atomic E-state index is 12.7. The Morgan fingerprint density at radius 3 is 2.80 bits per heavy atom. The van der Waals surface area contributed by atoms with Crippen LogP contribution in [0.5, 0.6) is 0 Å². The lowest BCUT2D eigenvalue weighted by atomic mass is 10.1. The number of hydrogen-bond donors (Lipinski definition) is 1. The fraction of sp³-hybridized carbons (Fsp3) is 0.714. The lowest BCUT2D eigenvalue weighted by molar-refractivity contribution is 0.453. The van der Waals surface area contributed by atoms with Crippen LogP contribution in [0.3, 0.4) is 0 Å². The van der Waals surface area contributed by atoms with Gasteiger partial charge in [0.1, 0.15) is 0 Å². The number of nitrogens with zero attached hydrogens (tertiary/aromatic N) is 1. The van der Waals surface area contributed by atoms with E-state index in [4.69, 9.17) is 0 Å². The van der Waals surface area contributed by atoms with Crippen LogP contribution in [0, 0.1) is 12.8 Å². The molecule has 0 spiro atoms. The Bertz CT molecular complexity index is 552. The number of rotatable bonds is 6. The molecule has 0 radical (unpaired) electrons. The van der Waals surface area contributed by atoms with E-state index in [-0.39, 0.29) is 0 Å². The number of hydrogen-bond acceptors (Lipinski definition) is 4. The SMILES string of the molecule is CCNCc1cc(S(=O)(=O)N2CCC(CC)C2)c(C)s1. The van der Waals surface area contributed by atoms with E-state index in [2.05, 4.69) is 12.2 Å². The molecule has 2 rings (SSSR count). The van der Waals surface area contributed by atoms with Gasteiger partial charge in [0, 0.05) is 29.4 Å². The van der Waals surface area contributed by atoms with Crippen molar-refractivity contribution in [3.8, 4) is 0 Å². The summed E-state index contributed by atoms with van der Waals surface area (Å²) in [5.74, 6) is 0.518. The third kappa shape index (κ3) is 3.24. The number of nitrogens with one attached hydrogen (secondary N) is 1. The Morgan fingerprint density at radius 2 is 2.20 bits per heavy atom. The highest BCUT2D eigenvalue weighted by atomic mass is 32.2. The van der Waals surface area contributed by atoms with E-state index in [0.29, 0.717) is 23.9 Å². The summed E-state index contributed by atoms with van der Waals surface area (Å²) in [5, 5.41) is 3.24. The minimum atomic E-state index is -3.30. The van der Waals surface area contributed by atoms with E-state index in [1.807, 2.05) is 19.9 Å². The molecular weight excluding hydrogens is 292 g/mol. The monoisotopic (exact) mass is 316 g/mol. The average molecular weight is 316 g/mol. The van der Waals surface area contributed by atoms with E-state index in [9.17, 15) is 8.42 Å². The fourth-order valence-electron chi connectivity index (χ4n) is 2.60. The molecule has 0 amide bonds. The lowest BCUT2D eigenvalue weighted by Crippen LogP contribution is -2.29. The van der Waals surface area contributed by atoms with Crippen LogP contribution in [-0.4, -0.2) is 32.4 Å². The molecule has 0 saturated carbocycles. The molecule has 114 valence electrons. The fourth-order valence-corrected chi connectivity index (χ4v) is 5.71. The van der Waals surface area contributed by atoms with Crippen LogP contribution in [-0.2, 0) is 16.6 Å². The van der Waals surface area contributed by atoms with Crippen molar-refractivity contribution in [2.24, 2.45) is 5.92 Å². The highest BCUT2D eigenvalue weighted by Crippen LogP contribution is 2.31. The van der Waals surface area contributed by atoms with Crippen molar-refractivity contribution in [3.63, 3.8) is 0 Å². The molecule has 1 N–H and O–H groups in total. The zero-order valence-corrected chi connectivity index (χ0v) is 14.1. The van der Waals surface area contributed by atoms with Crippen LogP contribution in [0.4, 0.5) is 0 Å². The Kier molecular flexibility index (Phi) is 5.23. The number of thiophene rings is 1. The van der Waals surface area contributed by atoms with E-state index in [0.717, 1.165) is 35.7 Å². The molecule has 1 aromatic rings. The molecule has 0 aliphatic carbocycles. The van der Waals surface area contributed by atoms with Gasteiger partial charge in [-0.05, 0) is 31.9 Å². The highest BCUT2D eigenvalue weighted by Gasteiger charge is 2.33. The summed E-state index contributed by atoms with van der Waals surface area (Å²) >= 11 is 1.58. The Balaban J connectivity index is 2.19. The predicted octanol–water partition coefficient (Wildman–Crippen LogP) is 2.59. The maximum atomic E-state index is 12.7. The lowest BCUT2D eigenvalue weighted by Gasteiger charge is -2.16. The van der Waals surface area contributed by atoms with Crippen LogP contribution in [0.15, 0.2) is 11.0 Å². The Hall–Kier alpha value is -0.430. The van der Waals surface area contributed by atoms with Crippen molar-refractivity contribution >= 4 is 21.4 Å². The molecule has 0 aromatic carbocycles. The van der Waals surface area contributed by atoms with E-state index in [1.54, 1.807) is 15.6 Å². The van der Waals surface area contributed by atoms with Crippen LogP contribution >= 0.6 is 11.3 Å². The van der Waals surface area contributed by atoms with Gasteiger partial charge in [0.25, 0.3) is 0 Å². The molecule has 6 heteroatoms. The quantitative estimate of drug-likeness (QED) is 0.877. The molecule has 1 aliphatic heterocycles. The summed E-state index contributed by atoms with van der Waals surface area (Å²) in [6.07, 6.45) is 2.05. The molecular formula is C14H24N2O2S2. The third-order valence-corrected chi connectivity index (χ3v) is 7.09. The van der Waals surface area contributed by atoms with Crippen LogP contribution < -0.4 is 5.32 Å². The minimum Gasteiger partial charge on any atom is -0.312 e. The van der Waals surface area contributed by atoms with Gasteiger partial charge in [-0.2, -0.15) is 4.31 Å². The predicted molar refractivity (Wildman–Crippen MR) is 83.6 cm³/mol. The smallest absolute Gasteiger partial charge is 0.244 e. The van der Waals surface area contributed by atoms with Gasteiger partial charge in [-0.3, -0.25) is 0 Å². The second kappa shape index (κ2) is 6.56. The van der Waals surface area contributed by atoms with E-state index in [1.165, 1.54) is 0 Å². The molecule has 1 atom stereocenters. The molecule has 1 unspecified atom stereocenters. The molecule has 1 aromatic heterocycles.